The molecular formula is C21H19FN8O3. The molecule has 1 aliphatic rings. The van der Waals surface area contributed by atoms with Crippen LogP contribution in [0.2, 0.25) is 0 Å². The fraction of sp³-hybridized carbons (Fsp3) is 0.190. The van der Waals surface area contributed by atoms with Crippen LogP contribution in [0.1, 0.15) is 18.0 Å². The molecule has 0 saturated heterocycles. The Morgan fingerprint density at radius 2 is 2.12 bits per heavy atom. The molecule has 0 spiro atoms. The first-order chi connectivity index (χ1) is 16.1. The van der Waals surface area contributed by atoms with Gasteiger partial charge in [0.1, 0.15) is 11.5 Å². The third kappa shape index (κ3) is 5.20. The van der Waals surface area contributed by atoms with Crippen molar-refractivity contribution in [1.82, 2.24) is 15.3 Å². The van der Waals surface area contributed by atoms with E-state index in [0.29, 0.717) is 41.5 Å². The summed E-state index contributed by atoms with van der Waals surface area (Å²) in [7, 11) is 1.46. The van der Waals surface area contributed by atoms with Crippen LogP contribution in [0.25, 0.3) is 10.4 Å². The highest BCUT2D eigenvalue weighted by Crippen LogP contribution is 2.37. The predicted octanol–water partition coefficient (Wildman–Crippen LogP) is 4.96. The number of azide groups is 1. The van der Waals surface area contributed by atoms with Gasteiger partial charge in [0.15, 0.2) is 11.6 Å². The SMILES string of the molecule is CNC(=O)Oc1cccc(Nc2ncc(F)c(Nc3ccc4c(c3)C(N=[N+]=[N-])CCO4)n2)c1. The molecule has 168 valence electrons. The molecule has 0 bridgehead atoms. The summed E-state index contributed by atoms with van der Waals surface area (Å²) in [6.45, 7) is 0.453. The molecule has 2 aromatic carbocycles. The summed E-state index contributed by atoms with van der Waals surface area (Å²) in [5, 5.41) is 12.0. The van der Waals surface area contributed by atoms with Gasteiger partial charge in [-0.2, -0.15) is 4.98 Å². The molecule has 12 heteroatoms. The molecule has 1 unspecified atom stereocenters. The Balaban J connectivity index is 1.54. The molecule has 2 heterocycles. The molecule has 0 saturated carbocycles. The molecule has 33 heavy (non-hydrogen) atoms. The first kappa shape index (κ1) is 21.7. The Bertz CT molecular complexity index is 1230. The third-order valence-electron chi connectivity index (χ3n) is 4.72. The molecule has 0 aliphatic carbocycles. The van der Waals surface area contributed by atoms with Crippen LogP contribution in [0.15, 0.2) is 53.8 Å². The van der Waals surface area contributed by atoms with Gasteiger partial charge >= 0.3 is 6.09 Å². The van der Waals surface area contributed by atoms with Crippen LogP contribution in [-0.2, 0) is 0 Å². The van der Waals surface area contributed by atoms with Gasteiger partial charge in [-0.1, -0.05) is 11.2 Å². The lowest BCUT2D eigenvalue weighted by atomic mass is 10.0. The maximum atomic E-state index is 14.4. The fourth-order valence-electron chi connectivity index (χ4n) is 3.21. The maximum absolute atomic E-state index is 14.4. The highest BCUT2D eigenvalue weighted by molar-refractivity contribution is 5.71. The van der Waals surface area contributed by atoms with Crippen molar-refractivity contribution >= 4 is 29.2 Å². The number of fused-ring (bicyclic) bond motifs is 1. The van der Waals surface area contributed by atoms with Crippen molar-refractivity contribution in [2.24, 2.45) is 5.11 Å². The number of rotatable bonds is 6. The number of nitrogens with zero attached hydrogens (tertiary/aromatic N) is 5. The van der Waals surface area contributed by atoms with E-state index < -0.39 is 11.9 Å². The second-order valence-corrected chi connectivity index (χ2v) is 6.92. The summed E-state index contributed by atoms with van der Waals surface area (Å²) in [5.41, 5.74) is 10.6. The van der Waals surface area contributed by atoms with Crippen molar-refractivity contribution in [2.45, 2.75) is 12.5 Å². The minimum absolute atomic E-state index is 0.0534. The van der Waals surface area contributed by atoms with Gasteiger partial charge in [0.05, 0.1) is 18.8 Å². The summed E-state index contributed by atoms with van der Waals surface area (Å²) in [6, 6.07) is 11.4. The van der Waals surface area contributed by atoms with E-state index in [2.05, 4.69) is 35.9 Å². The fourth-order valence-corrected chi connectivity index (χ4v) is 3.21. The van der Waals surface area contributed by atoms with Crippen molar-refractivity contribution in [3.8, 4) is 11.5 Å². The second-order valence-electron chi connectivity index (χ2n) is 6.92. The molecule has 0 radical (unpaired) electrons. The van der Waals surface area contributed by atoms with E-state index in [0.717, 1.165) is 6.20 Å². The van der Waals surface area contributed by atoms with Crippen LogP contribution >= 0.6 is 0 Å². The summed E-state index contributed by atoms with van der Waals surface area (Å²) < 4.78 is 25.1. The molecular weight excluding hydrogens is 431 g/mol. The lowest BCUT2D eigenvalue weighted by Gasteiger charge is -2.23. The van der Waals surface area contributed by atoms with Gasteiger partial charge in [0.2, 0.25) is 5.95 Å². The topological polar surface area (TPSA) is 146 Å². The molecule has 11 nitrogen and oxygen atoms in total. The zero-order valence-corrected chi connectivity index (χ0v) is 17.4. The number of amides is 1. The average molecular weight is 450 g/mol. The van der Waals surface area contributed by atoms with Gasteiger partial charge in [0, 0.05) is 35.0 Å². The molecule has 0 fully saturated rings. The molecule has 3 N–H and O–H groups in total. The van der Waals surface area contributed by atoms with Crippen LogP contribution in [0.5, 0.6) is 11.5 Å². The molecule has 1 aromatic heterocycles. The number of hydrogen-bond acceptors (Lipinski definition) is 8. The van der Waals surface area contributed by atoms with E-state index in [1.165, 1.54) is 7.05 Å². The monoisotopic (exact) mass is 450 g/mol. The number of anilines is 4. The summed E-state index contributed by atoms with van der Waals surface area (Å²) in [5.74, 6) is 0.351. The van der Waals surface area contributed by atoms with Gasteiger partial charge in [-0.25, -0.2) is 14.2 Å². The van der Waals surface area contributed by atoms with Gasteiger partial charge in [-0.15, -0.1) is 0 Å². The molecule has 1 amide bonds. The smallest absolute Gasteiger partial charge is 0.412 e. The van der Waals surface area contributed by atoms with Gasteiger partial charge in [-0.05, 0) is 42.3 Å². The van der Waals surface area contributed by atoms with Crippen LogP contribution in [0.4, 0.5) is 32.3 Å². The molecule has 3 aromatic rings. The number of carbonyl (C=O) groups excluding carboxylic acids is 1. The number of carbonyl (C=O) groups is 1. The number of nitrogens with one attached hydrogen (secondary N) is 3. The van der Waals surface area contributed by atoms with Crippen molar-refractivity contribution in [2.75, 3.05) is 24.3 Å². The zero-order chi connectivity index (χ0) is 23.2. The lowest BCUT2D eigenvalue weighted by molar-refractivity contribution is 0.203. The predicted molar refractivity (Wildman–Crippen MR) is 119 cm³/mol. The van der Waals surface area contributed by atoms with Crippen molar-refractivity contribution in [3.63, 3.8) is 0 Å². The maximum Gasteiger partial charge on any atom is 0.412 e. The van der Waals surface area contributed by atoms with E-state index in [4.69, 9.17) is 15.0 Å². The van der Waals surface area contributed by atoms with Crippen molar-refractivity contribution in [1.29, 1.82) is 0 Å². The van der Waals surface area contributed by atoms with Crippen LogP contribution < -0.4 is 25.4 Å². The first-order valence-electron chi connectivity index (χ1n) is 9.93. The van der Waals surface area contributed by atoms with E-state index in [9.17, 15) is 9.18 Å². The Labute approximate surface area is 187 Å². The normalized spacial score (nSPS) is 14.2. The highest BCUT2D eigenvalue weighted by Gasteiger charge is 2.21. The van der Waals surface area contributed by atoms with E-state index in [1.54, 1.807) is 42.5 Å². The van der Waals surface area contributed by atoms with Gasteiger partial charge < -0.3 is 25.4 Å². The molecule has 4 rings (SSSR count). The number of ether oxygens (including phenoxy) is 2. The van der Waals surface area contributed by atoms with E-state index in [-0.39, 0.29) is 17.8 Å². The Morgan fingerprint density at radius 1 is 1.27 bits per heavy atom. The second kappa shape index (κ2) is 9.71. The molecule has 1 aliphatic heterocycles. The molecule has 1 atom stereocenters. The Hall–Kier alpha value is -4.57. The van der Waals surface area contributed by atoms with Crippen LogP contribution in [-0.4, -0.2) is 29.7 Å². The lowest BCUT2D eigenvalue weighted by Crippen LogP contribution is -2.22. The number of aromatic nitrogens is 2. The minimum atomic E-state index is -0.655. The number of benzene rings is 2. The average Bonchev–Trinajstić information content (AvgIpc) is 2.82. The van der Waals surface area contributed by atoms with Crippen molar-refractivity contribution in [3.05, 3.63) is 70.5 Å². The van der Waals surface area contributed by atoms with E-state index >= 15 is 0 Å². The Morgan fingerprint density at radius 3 is 2.94 bits per heavy atom. The van der Waals surface area contributed by atoms with Crippen LogP contribution in [0.3, 0.4) is 0 Å². The first-order valence-corrected chi connectivity index (χ1v) is 9.93. The van der Waals surface area contributed by atoms with Crippen LogP contribution in [0, 0.1) is 5.82 Å². The quantitative estimate of drug-likeness (QED) is 0.273. The minimum Gasteiger partial charge on any atom is -0.493 e. The summed E-state index contributed by atoms with van der Waals surface area (Å²) in [4.78, 5) is 22.4. The number of halogens is 1. The van der Waals surface area contributed by atoms with Gasteiger partial charge in [0.25, 0.3) is 0 Å². The number of hydrogen-bond donors (Lipinski definition) is 3. The Kier molecular flexibility index (Phi) is 6.37. The van der Waals surface area contributed by atoms with E-state index in [1.807, 2.05) is 0 Å². The summed E-state index contributed by atoms with van der Waals surface area (Å²) >= 11 is 0. The zero-order valence-electron chi connectivity index (χ0n) is 17.4. The summed E-state index contributed by atoms with van der Waals surface area (Å²) in [6.07, 6.45) is 0.987. The van der Waals surface area contributed by atoms with Gasteiger partial charge in [-0.3, -0.25) is 0 Å². The third-order valence-corrected chi connectivity index (χ3v) is 4.72. The standard InChI is InChI=1S/C21H19FN8O3/c1-24-21(31)33-14-4-2-3-12(9-14)27-20-25-11-16(22)19(28-20)26-13-5-6-18-15(10-13)17(29-30-23)7-8-32-18/h2-6,9-11,17H,7-8H2,1H3,(H,24,31)(H2,25,26,27,28). The largest absolute Gasteiger partial charge is 0.493 e. The highest BCUT2D eigenvalue weighted by atomic mass is 19.1. The van der Waals surface area contributed by atoms with Crippen molar-refractivity contribution < 1.29 is 18.7 Å².